The summed E-state index contributed by atoms with van der Waals surface area (Å²) in [6.07, 6.45) is 3.16. The Balaban J connectivity index is 2.61. The summed E-state index contributed by atoms with van der Waals surface area (Å²) in [6, 6.07) is 1.74. The van der Waals surface area contributed by atoms with Crippen molar-refractivity contribution < 1.29 is 15.0 Å². The zero-order valence-electron chi connectivity index (χ0n) is 8.07. The number of carboxylic acid groups (broad SMARTS) is 1. The summed E-state index contributed by atoms with van der Waals surface area (Å²) in [5.74, 6) is -1.27. The Labute approximate surface area is 95.3 Å². The van der Waals surface area contributed by atoms with Crippen LogP contribution in [0.15, 0.2) is 22.9 Å². The SMILES string of the molecule is CC(O)(CNc1cncc(Br)c1)C(=O)O. The summed E-state index contributed by atoms with van der Waals surface area (Å²) in [4.78, 5) is 14.5. The molecule has 82 valence electrons. The van der Waals surface area contributed by atoms with Crippen molar-refractivity contribution in [2.24, 2.45) is 0 Å². The van der Waals surface area contributed by atoms with Gasteiger partial charge in [-0.15, -0.1) is 0 Å². The van der Waals surface area contributed by atoms with Crippen LogP contribution in [-0.2, 0) is 4.79 Å². The van der Waals surface area contributed by atoms with E-state index in [-0.39, 0.29) is 6.54 Å². The normalized spacial score (nSPS) is 14.3. The van der Waals surface area contributed by atoms with Gasteiger partial charge in [0.1, 0.15) is 0 Å². The Kier molecular flexibility index (Phi) is 3.65. The number of rotatable bonds is 4. The van der Waals surface area contributed by atoms with E-state index >= 15 is 0 Å². The van der Waals surface area contributed by atoms with Crippen molar-refractivity contribution in [3.63, 3.8) is 0 Å². The predicted molar refractivity (Wildman–Crippen MR) is 58.7 cm³/mol. The fourth-order valence-corrected chi connectivity index (χ4v) is 1.22. The molecule has 0 aliphatic carbocycles. The Morgan fingerprint density at radius 2 is 2.33 bits per heavy atom. The Morgan fingerprint density at radius 1 is 1.67 bits per heavy atom. The van der Waals surface area contributed by atoms with Crippen molar-refractivity contribution in [1.82, 2.24) is 4.98 Å². The third kappa shape index (κ3) is 3.49. The Bertz CT molecular complexity index is 368. The smallest absolute Gasteiger partial charge is 0.337 e. The number of aliphatic hydroxyl groups is 1. The van der Waals surface area contributed by atoms with Crippen molar-refractivity contribution >= 4 is 27.6 Å². The van der Waals surface area contributed by atoms with Gasteiger partial charge in [0.2, 0.25) is 0 Å². The van der Waals surface area contributed by atoms with E-state index < -0.39 is 11.6 Å². The maximum Gasteiger partial charge on any atom is 0.337 e. The molecule has 1 unspecified atom stereocenters. The summed E-state index contributed by atoms with van der Waals surface area (Å²) in [5, 5.41) is 20.9. The highest BCUT2D eigenvalue weighted by Crippen LogP contribution is 2.14. The van der Waals surface area contributed by atoms with Gasteiger partial charge in [-0.05, 0) is 28.9 Å². The van der Waals surface area contributed by atoms with Crippen LogP contribution in [-0.4, -0.2) is 33.3 Å². The largest absolute Gasteiger partial charge is 0.479 e. The summed E-state index contributed by atoms with van der Waals surface area (Å²) in [6.45, 7) is 1.15. The monoisotopic (exact) mass is 274 g/mol. The third-order valence-corrected chi connectivity index (χ3v) is 2.24. The van der Waals surface area contributed by atoms with Gasteiger partial charge in [0.15, 0.2) is 5.60 Å². The van der Waals surface area contributed by atoms with Gasteiger partial charge in [0, 0.05) is 10.7 Å². The molecule has 1 aromatic heterocycles. The molecule has 0 bridgehead atoms. The summed E-state index contributed by atoms with van der Waals surface area (Å²) in [7, 11) is 0. The molecule has 0 saturated carbocycles. The number of aromatic nitrogens is 1. The average Bonchev–Trinajstić information content (AvgIpc) is 2.15. The second kappa shape index (κ2) is 4.59. The highest BCUT2D eigenvalue weighted by molar-refractivity contribution is 9.10. The lowest BCUT2D eigenvalue weighted by Gasteiger charge is -2.18. The third-order valence-electron chi connectivity index (χ3n) is 1.80. The molecule has 0 saturated heterocycles. The van der Waals surface area contributed by atoms with Crippen molar-refractivity contribution in [2.75, 3.05) is 11.9 Å². The van der Waals surface area contributed by atoms with Crippen molar-refractivity contribution in [2.45, 2.75) is 12.5 Å². The molecule has 1 rings (SSSR count). The summed E-state index contributed by atoms with van der Waals surface area (Å²) >= 11 is 3.23. The zero-order valence-corrected chi connectivity index (χ0v) is 9.65. The fourth-order valence-electron chi connectivity index (χ4n) is 0.858. The van der Waals surface area contributed by atoms with Gasteiger partial charge in [-0.2, -0.15) is 0 Å². The van der Waals surface area contributed by atoms with Crippen LogP contribution in [0.5, 0.6) is 0 Å². The number of halogens is 1. The van der Waals surface area contributed by atoms with Gasteiger partial charge >= 0.3 is 5.97 Å². The van der Waals surface area contributed by atoms with E-state index in [4.69, 9.17) is 5.11 Å². The van der Waals surface area contributed by atoms with Crippen LogP contribution in [0.4, 0.5) is 5.69 Å². The summed E-state index contributed by atoms with van der Waals surface area (Å²) in [5.41, 5.74) is -1.15. The molecule has 1 aromatic rings. The van der Waals surface area contributed by atoms with E-state index in [1.54, 1.807) is 18.5 Å². The lowest BCUT2D eigenvalue weighted by atomic mass is 10.1. The minimum absolute atomic E-state index is 0.0829. The first-order valence-corrected chi connectivity index (χ1v) is 5.01. The molecule has 15 heavy (non-hydrogen) atoms. The van der Waals surface area contributed by atoms with Crippen LogP contribution in [0.2, 0.25) is 0 Å². The van der Waals surface area contributed by atoms with Gasteiger partial charge in [-0.1, -0.05) is 0 Å². The van der Waals surface area contributed by atoms with Gasteiger partial charge in [0.25, 0.3) is 0 Å². The van der Waals surface area contributed by atoms with E-state index in [2.05, 4.69) is 26.2 Å². The van der Waals surface area contributed by atoms with Crippen LogP contribution in [0.1, 0.15) is 6.92 Å². The van der Waals surface area contributed by atoms with Crippen LogP contribution in [0.3, 0.4) is 0 Å². The minimum Gasteiger partial charge on any atom is -0.479 e. The predicted octanol–water partition coefficient (Wildman–Crippen LogP) is 1.09. The number of carboxylic acids is 1. The second-order valence-electron chi connectivity index (χ2n) is 3.32. The maximum absolute atomic E-state index is 10.6. The number of nitrogens with one attached hydrogen (secondary N) is 1. The molecule has 1 heterocycles. The highest BCUT2D eigenvalue weighted by Gasteiger charge is 2.29. The van der Waals surface area contributed by atoms with Crippen LogP contribution in [0.25, 0.3) is 0 Å². The number of hydrogen-bond donors (Lipinski definition) is 3. The molecule has 0 amide bonds. The molecule has 0 spiro atoms. The number of hydrogen-bond acceptors (Lipinski definition) is 4. The minimum atomic E-state index is -1.79. The molecular formula is C9H11BrN2O3. The molecule has 0 aliphatic heterocycles. The number of pyridine rings is 1. The van der Waals surface area contributed by atoms with Crippen molar-refractivity contribution in [1.29, 1.82) is 0 Å². The number of nitrogens with zero attached hydrogens (tertiary/aromatic N) is 1. The van der Waals surface area contributed by atoms with E-state index in [0.29, 0.717) is 5.69 Å². The van der Waals surface area contributed by atoms with Gasteiger partial charge in [0.05, 0.1) is 18.4 Å². The number of aliphatic carboxylic acids is 1. The van der Waals surface area contributed by atoms with E-state index in [0.717, 1.165) is 4.47 Å². The lowest BCUT2D eigenvalue weighted by molar-refractivity contribution is -0.155. The molecule has 0 fully saturated rings. The molecule has 0 radical (unpaired) electrons. The van der Waals surface area contributed by atoms with E-state index in [1.165, 1.54) is 6.92 Å². The first-order chi connectivity index (χ1) is 6.92. The van der Waals surface area contributed by atoms with Crippen LogP contribution >= 0.6 is 15.9 Å². The molecule has 5 nitrogen and oxygen atoms in total. The van der Waals surface area contributed by atoms with E-state index in [1.807, 2.05) is 0 Å². The molecule has 0 aromatic carbocycles. The average molecular weight is 275 g/mol. The van der Waals surface area contributed by atoms with Crippen molar-refractivity contribution in [3.05, 3.63) is 22.9 Å². The van der Waals surface area contributed by atoms with E-state index in [9.17, 15) is 9.90 Å². The first kappa shape index (κ1) is 11.9. The van der Waals surface area contributed by atoms with Gasteiger partial charge < -0.3 is 15.5 Å². The fraction of sp³-hybridized carbons (Fsp3) is 0.333. The molecule has 3 N–H and O–H groups in total. The van der Waals surface area contributed by atoms with Crippen LogP contribution in [0, 0.1) is 0 Å². The molecular weight excluding hydrogens is 264 g/mol. The van der Waals surface area contributed by atoms with Gasteiger partial charge in [-0.3, -0.25) is 4.98 Å². The zero-order chi connectivity index (χ0) is 11.5. The Morgan fingerprint density at radius 3 is 2.87 bits per heavy atom. The first-order valence-electron chi connectivity index (χ1n) is 4.22. The quantitative estimate of drug-likeness (QED) is 0.766. The van der Waals surface area contributed by atoms with Crippen LogP contribution < -0.4 is 5.32 Å². The highest BCUT2D eigenvalue weighted by atomic mass is 79.9. The van der Waals surface area contributed by atoms with Gasteiger partial charge in [-0.25, -0.2) is 4.79 Å². The lowest BCUT2D eigenvalue weighted by Crippen LogP contribution is -2.41. The molecule has 0 aliphatic rings. The number of anilines is 1. The maximum atomic E-state index is 10.6. The molecule has 1 atom stereocenters. The second-order valence-corrected chi connectivity index (χ2v) is 4.24. The van der Waals surface area contributed by atoms with Crippen molar-refractivity contribution in [3.8, 4) is 0 Å². The standard InChI is InChI=1S/C9H11BrN2O3/c1-9(15,8(13)14)5-12-7-2-6(10)3-11-4-7/h2-4,12,15H,5H2,1H3,(H,13,14). The number of carbonyl (C=O) groups is 1. The summed E-state index contributed by atoms with van der Waals surface area (Å²) < 4.78 is 0.780. The topological polar surface area (TPSA) is 82.5 Å². The molecule has 6 heteroatoms. The Hall–Kier alpha value is -1.14.